The highest BCUT2D eigenvalue weighted by Gasteiger charge is 2.27. The van der Waals surface area contributed by atoms with Gasteiger partial charge < -0.3 is 20.5 Å². The molecule has 2 atom stereocenters. The number of amides is 1. The van der Waals surface area contributed by atoms with Crippen LogP contribution in [0.25, 0.3) is 0 Å². The molecule has 6 nitrogen and oxygen atoms in total. The number of aromatic hydroxyl groups is 1. The van der Waals surface area contributed by atoms with Gasteiger partial charge in [0, 0.05) is 6.42 Å². The number of carbonyl (C=O) groups excluding carboxylic acids is 2. The Morgan fingerprint density at radius 2 is 2.14 bits per heavy atom. The summed E-state index contributed by atoms with van der Waals surface area (Å²) in [6, 6.07) is 5.55. The van der Waals surface area contributed by atoms with Gasteiger partial charge in [-0.05, 0) is 37.1 Å². The Bertz CT molecular complexity index is 495. The van der Waals surface area contributed by atoms with E-state index in [-0.39, 0.29) is 17.7 Å². The number of esters is 1. The molecule has 1 amide bonds. The van der Waals surface area contributed by atoms with E-state index in [1.54, 1.807) is 24.3 Å². The van der Waals surface area contributed by atoms with Gasteiger partial charge in [0.15, 0.2) is 0 Å². The lowest BCUT2D eigenvalue weighted by Gasteiger charge is -2.19. The minimum atomic E-state index is -0.727. The van der Waals surface area contributed by atoms with E-state index in [0.717, 1.165) is 24.9 Å². The Morgan fingerprint density at radius 1 is 1.43 bits per heavy atom. The zero-order chi connectivity index (χ0) is 15.2. The fraction of sp³-hybridized carbons (Fsp3) is 0.467. The lowest BCUT2D eigenvalue weighted by Crippen LogP contribution is -2.49. The standard InChI is InChI=1S/C15H20N2O4/c1-21-15(20)13(9-10-4-6-11(18)7-5-10)17-14(19)12-3-2-8-16-12/h4-7,12-13,16,18H,2-3,8-9H2,1H3,(H,17,19). The molecular weight excluding hydrogens is 272 g/mol. The summed E-state index contributed by atoms with van der Waals surface area (Å²) in [5, 5.41) is 15.1. The van der Waals surface area contributed by atoms with Crippen molar-refractivity contribution < 1.29 is 19.4 Å². The smallest absolute Gasteiger partial charge is 0.328 e. The molecule has 0 aromatic heterocycles. The number of hydrogen-bond acceptors (Lipinski definition) is 5. The van der Waals surface area contributed by atoms with Gasteiger partial charge in [0.2, 0.25) is 5.91 Å². The molecule has 0 saturated carbocycles. The van der Waals surface area contributed by atoms with Crippen LogP contribution in [0.2, 0.25) is 0 Å². The summed E-state index contributed by atoms with van der Waals surface area (Å²) in [5.74, 6) is -0.497. The number of hydrogen-bond donors (Lipinski definition) is 3. The van der Waals surface area contributed by atoms with Crippen LogP contribution < -0.4 is 10.6 Å². The van der Waals surface area contributed by atoms with Crippen molar-refractivity contribution in [2.45, 2.75) is 31.3 Å². The van der Waals surface area contributed by atoms with E-state index in [9.17, 15) is 14.7 Å². The fourth-order valence-corrected chi connectivity index (χ4v) is 2.38. The topological polar surface area (TPSA) is 87.7 Å². The highest BCUT2D eigenvalue weighted by molar-refractivity contribution is 5.87. The molecule has 1 aliphatic heterocycles. The summed E-state index contributed by atoms with van der Waals surface area (Å²) in [4.78, 5) is 23.9. The van der Waals surface area contributed by atoms with Crippen LogP contribution in [0, 0.1) is 0 Å². The maximum Gasteiger partial charge on any atom is 0.328 e. The molecule has 1 aromatic rings. The number of nitrogens with one attached hydrogen (secondary N) is 2. The van der Waals surface area contributed by atoms with E-state index in [1.807, 2.05) is 0 Å². The van der Waals surface area contributed by atoms with Crippen molar-refractivity contribution in [2.24, 2.45) is 0 Å². The first kappa shape index (κ1) is 15.3. The number of benzene rings is 1. The normalized spacial score (nSPS) is 19.0. The Kier molecular flexibility index (Phi) is 5.16. The fourth-order valence-electron chi connectivity index (χ4n) is 2.38. The van der Waals surface area contributed by atoms with Gasteiger partial charge >= 0.3 is 5.97 Å². The summed E-state index contributed by atoms with van der Waals surface area (Å²) in [5.41, 5.74) is 0.836. The number of phenols is 1. The molecule has 1 aromatic carbocycles. The van der Waals surface area contributed by atoms with Crippen molar-refractivity contribution in [2.75, 3.05) is 13.7 Å². The van der Waals surface area contributed by atoms with Crippen LogP contribution in [0.1, 0.15) is 18.4 Å². The summed E-state index contributed by atoms with van der Waals surface area (Å²) in [7, 11) is 1.30. The number of methoxy groups -OCH3 is 1. The molecule has 1 aliphatic rings. The Morgan fingerprint density at radius 3 is 2.71 bits per heavy atom. The molecule has 114 valence electrons. The van der Waals surface area contributed by atoms with Crippen molar-refractivity contribution >= 4 is 11.9 Å². The molecule has 3 N–H and O–H groups in total. The van der Waals surface area contributed by atoms with Crippen LogP contribution in [0.5, 0.6) is 5.75 Å². The molecule has 2 rings (SSSR count). The van der Waals surface area contributed by atoms with Gasteiger partial charge in [0.25, 0.3) is 0 Å². The molecular formula is C15H20N2O4. The van der Waals surface area contributed by atoms with Gasteiger partial charge in [0.05, 0.1) is 13.2 Å². The number of carbonyl (C=O) groups is 2. The van der Waals surface area contributed by atoms with E-state index in [2.05, 4.69) is 10.6 Å². The van der Waals surface area contributed by atoms with Crippen LogP contribution in [-0.4, -0.2) is 42.7 Å². The van der Waals surface area contributed by atoms with Crippen molar-refractivity contribution in [1.82, 2.24) is 10.6 Å². The van der Waals surface area contributed by atoms with Gasteiger partial charge in [-0.25, -0.2) is 4.79 Å². The zero-order valence-electron chi connectivity index (χ0n) is 12.0. The second-order valence-corrected chi connectivity index (χ2v) is 5.10. The first-order valence-corrected chi connectivity index (χ1v) is 6.99. The van der Waals surface area contributed by atoms with Gasteiger partial charge in [-0.2, -0.15) is 0 Å². The van der Waals surface area contributed by atoms with Crippen LogP contribution in [0.4, 0.5) is 0 Å². The first-order chi connectivity index (χ1) is 10.1. The minimum Gasteiger partial charge on any atom is -0.508 e. The Balaban J connectivity index is 2.01. The van der Waals surface area contributed by atoms with Gasteiger partial charge in [-0.3, -0.25) is 4.79 Å². The SMILES string of the molecule is COC(=O)C(Cc1ccc(O)cc1)NC(=O)C1CCCN1. The molecule has 6 heteroatoms. The maximum atomic E-state index is 12.1. The lowest BCUT2D eigenvalue weighted by atomic mass is 10.1. The largest absolute Gasteiger partial charge is 0.508 e. The van der Waals surface area contributed by atoms with Gasteiger partial charge in [-0.15, -0.1) is 0 Å². The highest BCUT2D eigenvalue weighted by atomic mass is 16.5. The second-order valence-electron chi connectivity index (χ2n) is 5.10. The predicted molar refractivity (Wildman–Crippen MR) is 76.8 cm³/mol. The summed E-state index contributed by atoms with van der Waals surface area (Å²) in [6.45, 7) is 0.818. The zero-order valence-corrected chi connectivity index (χ0v) is 12.0. The van der Waals surface area contributed by atoms with E-state index in [4.69, 9.17) is 4.74 Å². The average Bonchev–Trinajstić information content (AvgIpc) is 3.02. The van der Waals surface area contributed by atoms with Crippen LogP contribution >= 0.6 is 0 Å². The molecule has 21 heavy (non-hydrogen) atoms. The van der Waals surface area contributed by atoms with Crippen LogP contribution in [0.3, 0.4) is 0 Å². The average molecular weight is 292 g/mol. The monoisotopic (exact) mass is 292 g/mol. The number of rotatable bonds is 5. The number of ether oxygens (including phenoxy) is 1. The second kappa shape index (κ2) is 7.08. The molecule has 0 radical (unpaired) electrons. The molecule has 1 fully saturated rings. The molecule has 0 bridgehead atoms. The third kappa shape index (κ3) is 4.19. The summed E-state index contributed by atoms with van der Waals surface area (Å²) < 4.78 is 4.75. The third-order valence-corrected chi connectivity index (χ3v) is 3.56. The van der Waals surface area contributed by atoms with E-state index < -0.39 is 12.0 Å². The van der Waals surface area contributed by atoms with Gasteiger partial charge in [0.1, 0.15) is 11.8 Å². The summed E-state index contributed by atoms with van der Waals surface area (Å²) in [6.07, 6.45) is 2.06. The predicted octanol–water partition coefficient (Wildman–Crippen LogP) is 0.344. The third-order valence-electron chi connectivity index (χ3n) is 3.56. The van der Waals surface area contributed by atoms with Crippen molar-refractivity contribution in [3.05, 3.63) is 29.8 Å². The van der Waals surface area contributed by atoms with Crippen molar-refractivity contribution in [1.29, 1.82) is 0 Å². The van der Waals surface area contributed by atoms with Crippen LogP contribution in [-0.2, 0) is 20.7 Å². The highest BCUT2D eigenvalue weighted by Crippen LogP contribution is 2.12. The van der Waals surface area contributed by atoms with E-state index >= 15 is 0 Å². The van der Waals surface area contributed by atoms with E-state index in [1.165, 1.54) is 7.11 Å². The van der Waals surface area contributed by atoms with E-state index in [0.29, 0.717) is 6.42 Å². The number of phenolic OH excluding ortho intramolecular Hbond substituents is 1. The van der Waals surface area contributed by atoms with Gasteiger partial charge in [-0.1, -0.05) is 12.1 Å². The summed E-state index contributed by atoms with van der Waals surface area (Å²) >= 11 is 0. The molecule has 1 heterocycles. The lowest BCUT2D eigenvalue weighted by molar-refractivity contribution is -0.145. The quantitative estimate of drug-likeness (QED) is 0.681. The Labute approximate surface area is 123 Å². The van der Waals surface area contributed by atoms with Crippen molar-refractivity contribution in [3.63, 3.8) is 0 Å². The maximum absolute atomic E-state index is 12.1. The molecule has 0 spiro atoms. The first-order valence-electron chi connectivity index (χ1n) is 6.99. The molecule has 0 aliphatic carbocycles. The molecule has 1 saturated heterocycles. The Hall–Kier alpha value is -2.08. The van der Waals surface area contributed by atoms with Crippen LogP contribution in [0.15, 0.2) is 24.3 Å². The minimum absolute atomic E-state index is 0.160. The van der Waals surface area contributed by atoms with Crippen molar-refractivity contribution in [3.8, 4) is 5.75 Å². The molecule has 2 unspecified atom stereocenters.